The lowest BCUT2D eigenvalue weighted by molar-refractivity contribution is -0.117. The summed E-state index contributed by atoms with van der Waals surface area (Å²) >= 11 is 0. The molecule has 1 unspecified atom stereocenters. The van der Waals surface area contributed by atoms with E-state index in [9.17, 15) is 22.8 Å². The highest BCUT2D eigenvalue weighted by Crippen LogP contribution is 2.37. The second kappa shape index (κ2) is 11.0. The number of sulfonamides is 1. The van der Waals surface area contributed by atoms with Crippen molar-refractivity contribution >= 4 is 50.6 Å². The predicted octanol–water partition coefficient (Wildman–Crippen LogP) is 2.84. The summed E-state index contributed by atoms with van der Waals surface area (Å²) in [6.07, 6.45) is 0.985. The van der Waals surface area contributed by atoms with E-state index in [0.717, 1.165) is 11.8 Å². The quantitative estimate of drug-likeness (QED) is 0.337. The summed E-state index contributed by atoms with van der Waals surface area (Å²) in [4.78, 5) is 43.6. The Morgan fingerprint density at radius 1 is 1.03 bits per heavy atom. The van der Waals surface area contributed by atoms with Crippen LogP contribution in [0.1, 0.15) is 27.4 Å². The van der Waals surface area contributed by atoms with Crippen LogP contribution in [0, 0.1) is 0 Å². The number of nitrogens with one attached hydrogen (secondary N) is 2. The van der Waals surface area contributed by atoms with Crippen LogP contribution in [0.3, 0.4) is 0 Å². The number of hydrogen-bond acceptors (Lipinski definition) is 7. The Balaban J connectivity index is 1.67. The standard InChI is InChI=1S/C27H26N4O6S/c1-31(23(32)16-28-38(3,35)36)20-12-10-19(11-13-20)29-25(17-7-5-4-6-8-17)24-21-14-9-18(27(34)37-2)15-22(21)30-26(24)33/h4-15,24,28H,16H2,1-3H3,(H,30,33). The summed E-state index contributed by atoms with van der Waals surface area (Å²) in [5.41, 5.74) is 3.89. The van der Waals surface area contributed by atoms with Gasteiger partial charge in [-0.3, -0.25) is 14.6 Å². The van der Waals surface area contributed by atoms with Gasteiger partial charge in [0.15, 0.2) is 0 Å². The van der Waals surface area contributed by atoms with Crippen molar-refractivity contribution in [3.05, 3.63) is 89.5 Å². The van der Waals surface area contributed by atoms with Gasteiger partial charge in [0.05, 0.1) is 36.9 Å². The fraction of sp³-hybridized carbons (Fsp3) is 0.185. The summed E-state index contributed by atoms with van der Waals surface area (Å²) in [6, 6.07) is 21.0. The molecule has 1 aliphatic rings. The molecule has 0 bridgehead atoms. The third-order valence-electron chi connectivity index (χ3n) is 5.99. The number of likely N-dealkylation sites (N-methyl/N-ethyl adjacent to an activating group) is 1. The number of esters is 1. The van der Waals surface area contributed by atoms with Gasteiger partial charge in [0.1, 0.15) is 5.92 Å². The van der Waals surface area contributed by atoms with Crippen LogP contribution in [0.25, 0.3) is 0 Å². The van der Waals surface area contributed by atoms with Gasteiger partial charge in [-0.05, 0) is 47.5 Å². The number of anilines is 2. The number of aliphatic imine (C=N–C) groups is 1. The molecule has 3 aromatic carbocycles. The van der Waals surface area contributed by atoms with Crippen molar-refractivity contribution in [1.82, 2.24) is 4.72 Å². The van der Waals surface area contributed by atoms with Gasteiger partial charge in [0.2, 0.25) is 21.8 Å². The molecule has 1 aliphatic heterocycles. The zero-order chi connectivity index (χ0) is 27.4. The average molecular weight is 535 g/mol. The van der Waals surface area contributed by atoms with Crippen LogP contribution in [0.15, 0.2) is 77.8 Å². The Kier molecular flexibility index (Phi) is 7.70. The minimum Gasteiger partial charge on any atom is -0.465 e. The van der Waals surface area contributed by atoms with E-state index >= 15 is 0 Å². The fourth-order valence-corrected chi connectivity index (χ4v) is 4.41. The van der Waals surface area contributed by atoms with Crippen LogP contribution >= 0.6 is 0 Å². The Morgan fingerprint density at radius 2 is 1.71 bits per heavy atom. The van der Waals surface area contributed by atoms with E-state index in [-0.39, 0.29) is 12.5 Å². The maximum Gasteiger partial charge on any atom is 0.337 e. The van der Waals surface area contributed by atoms with Gasteiger partial charge in [-0.2, -0.15) is 0 Å². The number of nitrogens with zero attached hydrogens (tertiary/aromatic N) is 2. The maximum absolute atomic E-state index is 13.1. The Morgan fingerprint density at radius 3 is 2.34 bits per heavy atom. The monoisotopic (exact) mass is 534 g/mol. The van der Waals surface area contributed by atoms with Crippen molar-refractivity contribution < 1.29 is 27.5 Å². The summed E-state index contributed by atoms with van der Waals surface area (Å²) in [6.45, 7) is -0.360. The lowest BCUT2D eigenvalue weighted by Crippen LogP contribution is -2.37. The van der Waals surface area contributed by atoms with Gasteiger partial charge in [0.25, 0.3) is 0 Å². The number of ether oxygens (including phenoxy) is 1. The number of carbonyl (C=O) groups is 3. The smallest absolute Gasteiger partial charge is 0.337 e. The highest BCUT2D eigenvalue weighted by Gasteiger charge is 2.36. The van der Waals surface area contributed by atoms with E-state index in [1.165, 1.54) is 12.0 Å². The van der Waals surface area contributed by atoms with Crippen LogP contribution < -0.4 is 14.9 Å². The van der Waals surface area contributed by atoms with E-state index < -0.39 is 27.8 Å². The molecule has 2 N–H and O–H groups in total. The third kappa shape index (κ3) is 5.96. The minimum atomic E-state index is -3.49. The second-order valence-corrected chi connectivity index (χ2v) is 10.5. The summed E-state index contributed by atoms with van der Waals surface area (Å²) < 4.78 is 29.5. The number of fused-ring (bicyclic) bond motifs is 1. The van der Waals surface area contributed by atoms with Crippen molar-refractivity contribution in [3.63, 3.8) is 0 Å². The highest BCUT2D eigenvalue weighted by molar-refractivity contribution is 7.88. The van der Waals surface area contributed by atoms with Crippen LogP contribution in [0.5, 0.6) is 0 Å². The molecule has 0 aliphatic carbocycles. The molecule has 3 aromatic rings. The van der Waals surface area contributed by atoms with Crippen LogP contribution in [-0.2, 0) is 24.3 Å². The largest absolute Gasteiger partial charge is 0.465 e. The zero-order valence-corrected chi connectivity index (χ0v) is 21.8. The summed E-state index contributed by atoms with van der Waals surface area (Å²) in [7, 11) is -0.656. The fourth-order valence-electron chi connectivity index (χ4n) is 4.03. The van der Waals surface area contributed by atoms with Gasteiger partial charge >= 0.3 is 5.97 Å². The van der Waals surface area contributed by atoms with Crippen LogP contribution in [-0.4, -0.2) is 58.9 Å². The molecule has 38 heavy (non-hydrogen) atoms. The first kappa shape index (κ1) is 26.7. The van der Waals surface area contributed by atoms with Crippen molar-refractivity contribution in [2.75, 3.05) is 37.2 Å². The normalized spacial score (nSPS) is 15.0. The number of carbonyl (C=O) groups excluding carboxylic acids is 3. The maximum atomic E-state index is 13.1. The number of amides is 2. The molecule has 0 fully saturated rings. The molecule has 0 spiro atoms. The first-order valence-electron chi connectivity index (χ1n) is 11.6. The molecule has 0 radical (unpaired) electrons. The predicted molar refractivity (Wildman–Crippen MR) is 144 cm³/mol. The summed E-state index contributed by atoms with van der Waals surface area (Å²) in [5.74, 6) is -1.92. The van der Waals surface area contributed by atoms with Crippen LogP contribution in [0.4, 0.5) is 17.1 Å². The zero-order valence-electron chi connectivity index (χ0n) is 21.0. The summed E-state index contributed by atoms with van der Waals surface area (Å²) in [5, 5.41) is 2.84. The number of hydrogen-bond donors (Lipinski definition) is 2. The van der Waals surface area contributed by atoms with Crippen molar-refractivity contribution in [2.45, 2.75) is 5.92 Å². The van der Waals surface area contributed by atoms with E-state index in [2.05, 4.69) is 10.0 Å². The SMILES string of the molecule is COC(=O)c1ccc2c(c1)NC(=O)C2C(=Nc1ccc(N(C)C(=O)CNS(C)(=O)=O)cc1)c1ccccc1. The Hall–Kier alpha value is -4.35. The number of methoxy groups -OCH3 is 1. The first-order chi connectivity index (χ1) is 18.1. The molecule has 0 aromatic heterocycles. The average Bonchev–Trinajstić information content (AvgIpc) is 3.24. The molecular weight excluding hydrogens is 508 g/mol. The first-order valence-corrected chi connectivity index (χ1v) is 13.4. The molecule has 1 heterocycles. The molecule has 1 atom stereocenters. The number of rotatable bonds is 8. The van der Waals surface area contributed by atoms with Crippen molar-refractivity contribution in [2.24, 2.45) is 4.99 Å². The van der Waals surface area contributed by atoms with Gasteiger partial charge in [-0.15, -0.1) is 0 Å². The van der Waals surface area contributed by atoms with Crippen LogP contribution in [0.2, 0.25) is 0 Å². The van der Waals surface area contributed by atoms with Gasteiger partial charge in [-0.25, -0.2) is 17.9 Å². The van der Waals surface area contributed by atoms with E-state index in [1.54, 1.807) is 49.5 Å². The van der Waals surface area contributed by atoms with Crippen molar-refractivity contribution in [1.29, 1.82) is 0 Å². The number of benzene rings is 3. The molecule has 10 nitrogen and oxygen atoms in total. The molecule has 2 amide bonds. The highest BCUT2D eigenvalue weighted by atomic mass is 32.2. The molecular formula is C27H26N4O6S. The molecule has 11 heteroatoms. The van der Waals surface area contributed by atoms with Gasteiger partial charge < -0.3 is 15.0 Å². The van der Waals surface area contributed by atoms with Gasteiger partial charge in [0, 0.05) is 18.4 Å². The molecule has 0 saturated carbocycles. The van der Waals surface area contributed by atoms with E-state index in [4.69, 9.17) is 9.73 Å². The second-order valence-electron chi connectivity index (χ2n) is 8.64. The minimum absolute atomic E-state index is 0.273. The van der Waals surface area contributed by atoms with E-state index in [1.807, 2.05) is 30.3 Å². The topological polar surface area (TPSA) is 134 Å². The lowest BCUT2D eigenvalue weighted by atomic mass is 9.90. The van der Waals surface area contributed by atoms with Gasteiger partial charge in [-0.1, -0.05) is 36.4 Å². The molecule has 196 valence electrons. The molecule has 4 rings (SSSR count). The molecule has 0 saturated heterocycles. The van der Waals surface area contributed by atoms with E-state index in [0.29, 0.717) is 33.9 Å². The van der Waals surface area contributed by atoms with Crippen molar-refractivity contribution in [3.8, 4) is 0 Å². The lowest BCUT2D eigenvalue weighted by Gasteiger charge is -2.18. The third-order valence-corrected chi connectivity index (χ3v) is 6.66. The Bertz CT molecular complexity index is 1520. The Labute approximate surface area is 220 Å².